The fourth-order valence-electron chi connectivity index (χ4n) is 3.68. The van der Waals surface area contributed by atoms with Gasteiger partial charge >= 0.3 is 6.03 Å². The van der Waals surface area contributed by atoms with Crippen molar-refractivity contribution in [3.8, 4) is 0 Å². The topological polar surface area (TPSA) is 61.4 Å². The molecule has 0 fully saturated rings. The van der Waals surface area contributed by atoms with Crippen molar-refractivity contribution < 1.29 is 14.0 Å². The Morgan fingerprint density at radius 1 is 0.909 bits per heavy atom. The molecule has 2 aromatic carbocycles. The molecule has 5 nitrogen and oxygen atoms in total. The van der Waals surface area contributed by atoms with Gasteiger partial charge in [0.25, 0.3) is 0 Å². The van der Waals surface area contributed by atoms with E-state index in [2.05, 4.69) is 17.6 Å². The largest absolute Gasteiger partial charge is 0.356 e. The van der Waals surface area contributed by atoms with E-state index in [0.29, 0.717) is 37.3 Å². The van der Waals surface area contributed by atoms with E-state index in [1.54, 1.807) is 17.0 Å². The van der Waals surface area contributed by atoms with Crippen LogP contribution in [0.5, 0.6) is 0 Å². The highest BCUT2D eigenvalue weighted by molar-refractivity contribution is 6.01. The quantitative estimate of drug-likeness (QED) is 0.307. The molecule has 33 heavy (non-hydrogen) atoms. The molecule has 0 saturated heterocycles. The van der Waals surface area contributed by atoms with E-state index in [1.807, 2.05) is 31.2 Å². The number of amides is 3. The van der Waals surface area contributed by atoms with Gasteiger partial charge < -0.3 is 10.6 Å². The summed E-state index contributed by atoms with van der Waals surface area (Å²) >= 11 is 0. The predicted octanol–water partition coefficient (Wildman–Crippen LogP) is 6.82. The molecule has 3 amide bonds. The molecule has 0 aromatic heterocycles. The summed E-state index contributed by atoms with van der Waals surface area (Å²) in [4.78, 5) is 26.6. The van der Waals surface area contributed by atoms with Crippen LogP contribution in [-0.2, 0) is 4.79 Å². The molecule has 0 aliphatic carbocycles. The predicted molar refractivity (Wildman–Crippen MR) is 134 cm³/mol. The Balaban J connectivity index is 1.79. The van der Waals surface area contributed by atoms with Gasteiger partial charge in [-0.3, -0.25) is 9.69 Å². The molecule has 0 bridgehead atoms. The third kappa shape index (κ3) is 10.5. The summed E-state index contributed by atoms with van der Waals surface area (Å²) in [5.74, 6) is -0.295. The lowest BCUT2D eigenvalue weighted by Crippen LogP contribution is -2.37. The lowest BCUT2D eigenvalue weighted by molar-refractivity contribution is -0.121. The Kier molecular flexibility index (Phi) is 12.0. The summed E-state index contributed by atoms with van der Waals surface area (Å²) in [6, 6.07) is 13.1. The standard InChI is InChI=1S/C27H38FN3O2/c1-3-4-5-6-7-8-9-14-26(32)29-19-11-20-31(25-17-15-23(28)16-18-25)27(33)30-24-13-10-12-22(2)21-24/h10,12-13,15-18,21H,3-9,11,14,19-20H2,1-2H3,(H,29,32)(H,30,33). The minimum Gasteiger partial charge on any atom is -0.356 e. The van der Waals surface area contributed by atoms with Gasteiger partial charge in [0.2, 0.25) is 5.91 Å². The van der Waals surface area contributed by atoms with Crippen LogP contribution in [0.25, 0.3) is 0 Å². The molecular weight excluding hydrogens is 417 g/mol. The number of benzene rings is 2. The van der Waals surface area contributed by atoms with Gasteiger partial charge in [0, 0.05) is 30.9 Å². The van der Waals surface area contributed by atoms with Crippen molar-refractivity contribution >= 4 is 23.3 Å². The van der Waals surface area contributed by atoms with Gasteiger partial charge in [-0.1, -0.05) is 57.6 Å². The number of rotatable bonds is 14. The molecule has 180 valence electrons. The molecule has 2 aromatic rings. The zero-order chi connectivity index (χ0) is 23.9. The Morgan fingerprint density at radius 3 is 2.30 bits per heavy atom. The first-order chi connectivity index (χ1) is 16.0. The number of carbonyl (C=O) groups is 2. The van der Waals surface area contributed by atoms with Crippen LogP contribution in [0, 0.1) is 12.7 Å². The number of hydrogen-bond donors (Lipinski definition) is 2. The molecule has 0 saturated carbocycles. The summed E-state index contributed by atoms with van der Waals surface area (Å²) in [5.41, 5.74) is 2.36. The zero-order valence-corrected chi connectivity index (χ0v) is 20.0. The van der Waals surface area contributed by atoms with Crippen LogP contribution < -0.4 is 15.5 Å². The highest BCUT2D eigenvalue weighted by Crippen LogP contribution is 2.18. The average Bonchev–Trinajstić information content (AvgIpc) is 2.79. The highest BCUT2D eigenvalue weighted by atomic mass is 19.1. The summed E-state index contributed by atoms with van der Waals surface area (Å²) in [5, 5.41) is 5.85. The van der Waals surface area contributed by atoms with Crippen LogP contribution in [-0.4, -0.2) is 25.0 Å². The van der Waals surface area contributed by atoms with Crippen molar-refractivity contribution in [1.82, 2.24) is 5.32 Å². The molecule has 0 unspecified atom stereocenters. The molecule has 2 rings (SSSR count). The number of hydrogen-bond acceptors (Lipinski definition) is 2. The minimum absolute atomic E-state index is 0.0566. The van der Waals surface area contributed by atoms with Gasteiger partial charge in [-0.25, -0.2) is 9.18 Å². The first kappa shape index (κ1) is 26.4. The van der Waals surface area contributed by atoms with E-state index < -0.39 is 0 Å². The van der Waals surface area contributed by atoms with Gasteiger partial charge in [0.05, 0.1) is 0 Å². The number of halogens is 1. The number of carbonyl (C=O) groups excluding carboxylic acids is 2. The maximum atomic E-state index is 13.4. The second-order valence-electron chi connectivity index (χ2n) is 8.50. The molecule has 0 aliphatic heterocycles. The first-order valence-corrected chi connectivity index (χ1v) is 12.2. The molecule has 0 radical (unpaired) electrons. The van der Waals surface area contributed by atoms with Crippen LogP contribution >= 0.6 is 0 Å². The third-order valence-electron chi connectivity index (χ3n) is 5.54. The fourth-order valence-corrected chi connectivity index (χ4v) is 3.68. The average molecular weight is 456 g/mol. The van der Waals surface area contributed by atoms with E-state index in [1.165, 1.54) is 44.2 Å². The van der Waals surface area contributed by atoms with Crippen LogP contribution in [0.15, 0.2) is 48.5 Å². The molecule has 0 heterocycles. The van der Waals surface area contributed by atoms with Crippen LogP contribution in [0.1, 0.15) is 70.3 Å². The number of aryl methyl sites for hydroxylation is 1. The van der Waals surface area contributed by atoms with E-state index in [9.17, 15) is 14.0 Å². The van der Waals surface area contributed by atoms with Gasteiger partial charge in [-0.05, 0) is 61.7 Å². The summed E-state index contributed by atoms with van der Waals surface area (Å²) in [6.45, 7) is 5.06. The Morgan fingerprint density at radius 2 is 1.61 bits per heavy atom. The smallest absolute Gasteiger partial charge is 0.326 e. The molecular formula is C27H38FN3O2. The van der Waals surface area contributed by atoms with E-state index >= 15 is 0 Å². The first-order valence-electron chi connectivity index (χ1n) is 12.2. The number of unbranched alkanes of at least 4 members (excludes halogenated alkanes) is 6. The normalized spacial score (nSPS) is 10.6. The lowest BCUT2D eigenvalue weighted by Gasteiger charge is -2.23. The zero-order valence-electron chi connectivity index (χ0n) is 20.0. The highest BCUT2D eigenvalue weighted by Gasteiger charge is 2.16. The van der Waals surface area contributed by atoms with E-state index in [-0.39, 0.29) is 17.8 Å². The Labute approximate surface area is 197 Å². The molecule has 6 heteroatoms. The number of nitrogens with zero attached hydrogens (tertiary/aromatic N) is 1. The number of urea groups is 1. The SMILES string of the molecule is CCCCCCCCCC(=O)NCCCN(C(=O)Nc1cccc(C)c1)c1ccc(F)cc1. The van der Waals surface area contributed by atoms with Gasteiger partial charge in [-0.2, -0.15) is 0 Å². The third-order valence-corrected chi connectivity index (χ3v) is 5.54. The Hall–Kier alpha value is -2.89. The van der Waals surface area contributed by atoms with Crippen molar-refractivity contribution in [2.24, 2.45) is 0 Å². The molecule has 0 spiro atoms. The number of anilines is 2. The van der Waals surface area contributed by atoms with Crippen molar-refractivity contribution in [1.29, 1.82) is 0 Å². The second kappa shape index (κ2) is 15.0. The summed E-state index contributed by atoms with van der Waals surface area (Å²) in [6.07, 6.45) is 9.41. The van der Waals surface area contributed by atoms with Crippen molar-refractivity contribution in [2.75, 3.05) is 23.3 Å². The maximum absolute atomic E-state index is 13.4. The molecule has 2 N–H and O–H groups in total. The van der Waals surface area contributed by atoms with Gasteiger partial charge in [0.1, 0.15) is 5.82 Å². The summed E-state index contributed by atoms with van der Waals surface area (Å²) < 4.78 is 13.4. The van der Waals surface area contributed by atoms with Gasteiger partial charge in [0.15, 0.2) is 0 Å². The number of nitrogens with one attached hydrogen (secondary N) is 2. The Bertz CT molecular complexity index is 855. The van der Waals surface area contributed by atoms with Crippen LogP contribution in [0.4, 0.5) is 20.6 Å². The minimum atomic E-state index is -0.351. The molecule has 0 aliphatic rings. The second-order valence-corrected chi connectivity index (χ2v) is 8.50. The maximum Gasteiger partial charge on any atom is 0.326 e. The fraction of sp³-hybridized carbons (Fsp3) is 0.481. The van der Waals surface area contributed by atoms with E-state index in [4.69, 9.17) is 0 Å². The van der Waals surface area contributed by atoms with Crippen molar-refractivity contribution in [3.63, 3.8) is 0 Å². The monoisotopic (exact) mass is 455 g/mol. The van der Waals surface area contributed by atoms with Crippen molar-refractivity contribution in [3.05, 3.63) is 59.9 Å². The summed E-state index contributed by atoms with van der Waals surface area (Å²) in [7, 11) is 0. The van der Waals surface area contributed by atoms with Crippen LogP contribution in [0.2, 0.25) is 0 Å². The van der Waals surface area contributed by atoms with Crippen molar-refractivity contribution in [2.45, 2.75) is 71.6 Å². The van der Waals surface area contributed by atoms with Gasteiger partial charge in [-0.15, -0.1) is 0 Å². The van der Waals surface area contributed by atoms with Crippen LogP contribution in [0.3, 0.4) is 0 Å². The lowest BCUT2D eigenvalue weighted by atomic mass is 10.1. The molecule has 0 atom stereocenters. The van der Waals surface area contributed by atoms with E-state index in [0.717, 1.165) is 18.4 Å².